The van der Waals surface area contributed by atoms with Crippen LogP contribution in [0.2, 0.25) is 0 Å². The molecule has 1 fully saturated rings. The summed E-state index contributed by atoms with van der Waals surface area (Å²) < 4.78 is 39.8. The number of rotatable bonds is 10. The van der Waals surface area contributed by atoms with Gasteiger partial charge in [-0.3, -0.25) is 4.79 Å². The zero-order valence-electron chi connectivity index (χ0n) is 17.8. The number of ether oxygens (including phenoxy) is 2. The summed E-state index contributed by atoms with van der Waals surface area (Å²) in [7, 11) is -1.95. The number of thioether (sulfide) groups is 1. The highest BCUT2D eigenvalue weighted by molar-refractivity contribution is 7.99. The van der Waals surface area contributed by atoms with E-state index in [1.807, 2.05) is 4.57 Å². The van der Waals surface area contributed by atoms with E-state index in [9.17, 15) is 13.2 Å². The second-order valence-electron chi connectivity index (χ2n) is 7.09. The molecule has 0 spiro atoms. The number of carbonyl (C=O) groups is 1. The first-order valence-electron chi connectivity index (χ1n) is 10.2. The van der Waals surface area contributed by atoms with Crippen LogP contribution in [0.15, 0.2) is 40.4 Å². The lowest BCUT2D eigenvalue weighted by molar-refractivity contribution is -0.139. The maximum absolute atomic E-state index is 13.1. The van der Waals surface area contributed by atoms with Gasteiger partial charge in [0.25, 0.3) is 0 Å². The molecule has 0 unspecified atom stereocenters. The van der Waals surface area contributed by atoms with Crippen molar-refractivity contribution in [2.75, 3.05) is 39.2 Å². The predicted octanol–water partition coefficient (Wildman–Crippen LogP) is 2.15. The summed E-state index contributed by atoms with van der Waals surface area (Å²) in [5.41, 5.74) is 0. The normalized spacial score (nSPS) is 17.5. The van der Waals surface area contributed by atoms with Gasteiger partial charge in [-0.1, -0.05) is 30.0 Å². The van der Waals surface area contributed by atoms with Gasteiger partial charge < -0.3 is 14.0 Å². The van der Waals surface area contributed by atoms with Crippen LogP contribution < -0.4 is 0 Å². The second kappa shape index (κ2) is 11.1. The third-order valence-corrected chi connectivity index (χ3v) is 7.84. The lowest BCUT2D eigenvalue weighted by atomic mass is 9.99. The predicted molar refractivity (Wildman–Crippen MR) is 116 cm³/mol. The van der Waals surface area contributed by atoms with Gasteiger partial charge in [-0.2, -0.15) is 4.31 Å². The SMILES string of the molecule is CCOC(=O)CSc1nnc([C@@H]2CCCN(S(=O)(=O)c3ccccc3)C2)n1CCOC. The van der Waals surface area contributed by atoms with E-state index in [0.717, 1.165) is 18.7 Å². The van der Waals surface area contributed by atoms with E-state index in [0.29, 0.717) is 42.9 Å². The minimum absolute atomic E-state index is 0.0893. The first-order chi connectivity index (χ1) is 15.0. The van der Waals surface area contributed by atoms with Crippen molar-refractivity contribution in [1.29, 1.82) is 0 Å². The van der Waals surface area contributed by atoms with Crippen molar-refractivity contribution in [2.24, 2.45) is 0 Å². The molecule has 0 bridgehead atoms. The monoisotopic (exact) mass is 468 g/mol. The Bertz CT molecular complexity index is 965. The largest absolute Gasteiger partial charge is 0.465 e. The molecule has 9 nitrogen and oxygen atoms in total. The van der Waals surface area contributed by atoms with Gasteiger partial charge in [0.05, 0.1) is 23.9 Å². The van der Waals surface area contributed by atoms with Crippen LogP contribution in [-0.4, -0.2) is 72.6 Å². The fourth-order valence-corrected chi connectivity index (χ4v) is 5.86. The van der Waals surface area contributed by atoms with Crippen LogP contribution in [0.1, 0.15) is 31.5 Å². The third-order valence-electron chi connectivity index (χ3n) is 5.02. The molecule has 0 N–H and O–H groups in total. The Morgan fingerprint density at radius 3 is 2.74 bits per heavy atom. The number of esters is 1. The number of sulfonamides is 1. The zero-order chi connectivity index (χ0) is 22.3. The van der Waals surface area contributed by atoms with E-state index in [1.54, 1.807) is 44.4 Å². The average Bonchev–Trinajstić information content (AvgIpc) is 3.20. The molecule has 1 aliphatic heterocycles. The van der Waals surface area contributed by atoms with Crippen molar-refractivity contribution in [3.63, 3.8) is 0 Å². The summed E-state index contributed by atoms with van der Waals surface area (Å²) in [5.74, 6) is 0.455. The van der Waals surface area contributed by atoms with Gasteiger partial charge in [0.2, 0.25) is 10.0 Å². The molecule has 1 aromatic carbocycles. The molecule has 31 heavy (non-hydrogen) atoms. The van der Waals surface area contributed by atoms with Gasteiger partial charge in [-0.05, 0) is 31.9 Å². The molecule has 1 aliphatic rings. The average molecular weight is 469 g/mol. The zero-order valence-corrected chi connectivity index (χ0v) is 19.4. The Morgan fingerprint density at radius 2 is 2.03 bits per heavy atom. The van der Waals surface area contributed by atoms with Gasteiger partial charge >= 0.3 is 5.97 Å². The Morgan fingerprint density at radius 1 is 1.26 bits per heavy atom. The van der Waals surface area contributed by atoms with Crippen LogP contribution in [0, 0.1) is 0 Å². The molecule has 170 valence electrons. The maximum Gasteiger partial charge on any atom is 0.316 e. The lowest BCUT2D eigenvalue weighted by Gasteiger charge is -2.31. The number of nitrogens with zero attached hydrogens (tertiary/aromatic N) is 4. The molecular formula is C20H28N4O5S2. The van der Waals surface area contributed by atoms with E-state index in [2.05, 4.69) is 10.2 Å². The van der Waals surface area contributed by atoms with Crippen LogP contribution in [0.3, 0.4) is 0 Å². The number of hydrogen-bond acceptors (Lipinski definition) is 8. The molecule has 0 aliphatic carbocycles. The summed E-state index contributed by atoms with van der Waals surface area (Å²) in [6.07, 6.45) is 1.55. The minimum Gasteiger partial charge on any atom is -0.465 e. The van der Waals surface area contributed by atoms with E-state index < -0.39 is 10.0 Å². The van der Waals surface area contributed by atoms with Crippen LogP contribution in [0.4, 0.5) is 0 Å². The van der Waals surface area contributed by atoms with Gasteiger partial charge in [0, 0.05) is 32.7 Å². The van der Waals surface area contributed by atoms with E-state index >= 15 is 0 Å². The van der Waals surface area contributed by atoms with Gasteiger partial charge in [0.15, 0.2) is 5.16 Å². The molecule has 1 aromatic heterocycles. The van der Waals surface area contributed by atoms with Gasteiger partial charge in [-0.25, -0.2) is 8.42 Å². The minimum atomic E-state index is -3.57. The summed E-state index contributed by atoms with van der Waals surface area (Å²) >= 11 is 1.26. The number of piperidine rings is 1. The third kappa shape index (κ3) is 5.85. The van der Waals surface area contributed by atoms with Gasteiger partial charge in [-0.15, -0.1) is 10.2 Å². The van der Waals surface area contributed by atoms with Crippen molar-refractivity contribution >= 4 is 27.8 Å². The van der Waals surface area contributed by atoms with Crippen molar-refractivity contribution in [3.8, 4) is 0 Å². The Balaban J connectivity index is 1.80. The molecule has 2 heterocycles. The fourth-order valence-electron chi connectivity index (χ4n) is 3.54. The van der Waals surface area contributed by atoms with Crippen molar-refractivity contribution < 1.29 is 22.7 Å². The lowest BCUT2D eigenvalue weighted by Crippen LogP contribution is -2.39. The smallest absolute Gasteiger partial charge is 0.316 e. The Kier molecular flexibility index (Phi) is 8.47. The molecule has 3 rings (SSSR count). The Hall–Kier alpha value is -1.95. The van der Waals surface area contributed by atoms with Crippen LogP contribution in [-0.2, 0) is 30.8 Å². The van der Waals surface area contributed by atoms with Crippen LogP contribution >= 0.6 is 11.8 Å². The first-order valence-corrected chi connectivity index (χ1v) is 12.7. The van der Waals surface area contributed by atoms with E-state index in [1.165, 1.54) is 16.1 Å². The quantitative estimate of drug-likeness (QED) is 0.386. The Labute approximate surface area is 187 Å². The second-order valence-corrected chi connectivity index (χ2v) is 9.97. The molecule has 0 saturated carbocycles. The molecule has 0 radical (unpaired) electrons. The molecule has 11 heteroatoms. The van der Waals surface area contributed by atoms with Crippen molar-refractivity contribution in [2.45, 2.75) is 42.3 Å². The molecule has 0 amide bonds. The molecule has 2 aromatic rings. The van der Waals surface area contributed by atoms with E-state index in [4.69, 9.17) is 9.47 Å². The van der Waals surface area contributed by atoms with Gasteiger partial charge in [0.1, 0.15) is 5.82 Å². The highest BCUT2D eigenvalue weighted by Gasteiger charge is 2.33. The van der Waals surface area contributed by atoms with E-state index in [-0.39, 0.29) is 17.6 Å². The summed E-state index contributed by atoms with van der Waals surface area (Å²) in [6, 6.07) is 8.48. The topological polar surface area (TPSA) is 104 Å². The molecule has 1 atom stereocenters. The highest BCUT2D eigenvalue weighted by atomic mass is 32.2. The molecular weight excluding hydrogens is 440 g/mol. The van der Waals surface area contributed by atoms with Crippen molar-refractivity contribution in [3.05, 3.63) is 36.2 Å². The standard InChI is InChI=1S/C20H28N4O5S2/c1-3-29-18(25)15-30-20-22-21-19(24(20)12-13-28-2)16-8-7-11-23(14-16)31(26,27)17-9-5-4-6-10-17/h4-6,9-10,16H,3,7-8,11-15H2,1-2H3/t16-/m1/s1. The van der Waals surface area contributed by atoms with Crippen LogP contribution in [0.5, 0.6) is 0 Å². The van der Waals surface area contributed by atoms with Crippen LogP contribution in [0.25, 0.3) is 0 Å². The number of carbonyl (C=O) groups excluding carboxylic acids is 1. The summed E-state index contributed by atoms with van der Waals surface area (Å²) in [5, 5.41) is 9.24. The molecule has 1 saturated heterocycles. The summed E-state index contributed by atoms with van der Waals surface area (Å²) in [4.78, 5) is 12.0. The number of aromatic nitrogens is 3. The maximum atomic E-state index is 13.1. The number of benzene rings is 1. The number of methoxy groups -OCH3 is 1. The number of hydrogen-bond donors (Lipinski definition) is 0. The van der Waals surface area contributed by atoms with Crippen molar-refractivity contribution in [1.82, 2.24) is 19.1 Å². The highest BCUT2D eigenvalue weighted by Crippen LogP contribution is 2.31. The fraction of sp³-hybridized carbons (Fsp3) is 0.550. The summed E-state index contributed by atoms with van der Waals surface area (Å²) in [6.45, 7) is 3.88. The first kappa shape index (κ1) is 23.7.